The number of halogens is 1. The number of amides is 1. The van der Waals surface area contributed by atoms with E-state index in [1.807, 2.05) is 30.3 Å². The highest BCUT2D eigenvalue weighted by Gasteiger charge is 2.11. The number of para-hydroxylation sites is 1. The summed E-state index contributed by atoms with van der Waals surface area (Å²) >= 11 is 3.30. The molecule has 3 rings (SSSR count). The number of hydrogen-bond acceptors (Lipinski definition) is 2. The smallest absolute Gasteiger partial charge is 0.272 e. The largest absolute Gasteiger partial charge is 0.351 e. The number of carbonyl (C=O) groups excluding carboxylic acids is 1. The zero-order valence-electron chi connectivity index (χ0n) is 9.85. The molecule has 2 aromatic heterocycles. The highest BCUT2D eigenvalue weighted by molar-refractivity contribution is 9.10. The van der Waals surface area contributed by atoms with Crippen LogP contribution in [0.25, 0.3) is 10.9 Å². The summed E-state index contributed by atoms with van der Waals surface area (Å²) in [5.41, 5.74) is 2.11. The van der Waals surface area contributed by atoms with E-state index in [0.29, 0.717) is 16.0 Å². The average Bonchev–Trinajstić information content (AvgIpc) is 2.85. The fourth-order valence-electron chi connectivity index (χ4n) is 1.86. The van der Waals surface area contributed by atoms with Crippen molar-refractivity contribution in [2.24, 2.45) is 0 Å². The highest BCUT2D eigenvalue weighted by Crippen LogP contribution is 2.20. The van der Waals surface area contributed by atoms with Gasteiger partial charge >= 0.3 is 0 Å². The van der Waals surface area contributed by atoms with E-state index in [1.165, 1.54) is 0 Å². The van der Waals surface area contributed by atoms with Crippen molar-refractivity contribution in [1.29, 1.82) is 0 Å². The lowest BCUT2D eigenvalue weighted by Crippen LogP contribution is -2.12. The molecule has 0 unspecified atom stereocenters. The van der Waals surface area contributed by atoms with Gasteiger partial charge in [-0.25, -0.2) is 4.98 Å². The summed E-state index contributed by atoms with van der Waals surface area (Å²) < 4.78 is 0.611. The van der Waals surface area contributed by atoms with Gasteiger partial charge in [-0.1, -0.05) is 18.2 Å². The Balaban J connectivity index is 1.90. The molecule has 0 bridgehead atoms. The van der Waals surface area contributed by atoms with E-state index >= 15 is 0 Å². The lowest BCUT2D eigenvalue weighted by molar-refractivity contribution is 0.102. The topological polar surface area (TPSA) is 57.8 Å². The van der Waals surface area contributed by atoms with Crippen molar-refractivity contribution >= 4 is 38.4 Å². The Hall–Kier alpha value is -2.14. The van der Waals surface area contributed by atoms with Crippen molar-refractivity contribution in [2.45, 2.75) is 0 Å². The number of hydrogen-bond donors (Lipinski definition) is 2. The highest BCUT2D eigenvalue weighted by atomic mass is 79.9. The molecule has 1 aromatic carbocycles. The van der Waals surface area contributed by atoms with Gasteiger partial charge in [0, 0.05) is 17.1 Å². The van der Waals surface area contributed by atoms with Crippen LogP contribution in [-0.4, -0.2) is 15.9 Å². The Morgan fingerprint density at radius 2 is 2.05 bits per heavy atom. The molecule has 0 aliphatic carbocycles. The van der Waals surface area contributed by atoms with Crippen LogP contribution in [0.4, 0.5) is 5.69 Å². The van der Waals surface area contributed by atoms with Crippen molar-refractivity contribution in [3.05, 3.63) is 59.0 Å². The van der Waals surface area contributed by atoms with Gasteiger partial charge in [-0.15, -0.1) is 0 Å². The summed E-state index contributed by atoms with van der Waals surface area (Å²) in [6.07, 6.45) is 1.66. The SMILES string of the molecule is O=C(Nc1cccnc1Br)c1cc2ccccc2[nH]1. The van der Waals surface area contributed by atoms with E-state index in [0.717, 1.165) is 10.9 Å². The third kappa shape index (κ3) is 2.37. The number of anilines is 1. The molecule has 0 saturated heterocycles. The molecule has 19 heavy (non-hydrogen) atoms. The second kappa shape index (κ2) is 4.85. The van der Waals surface area contributed by atoms with Crippen LogP contribution in [0.2, 0.25) is 0 Å². The first-order chi connectivity index (χ1) is 9.24. The summed E-state index contributed by atoms with van der Waals surface area (Å²) in [7, 11) is 0. The molecule has 0 spiro atoms. The molecular weight excluding hydrogens is 306 g/mol. The molecule has 0 aliphatic heterocycles. The second-order valence-electron chi connectivity index (χ2n) is 4.07. The Morgan fingerprint density at radius 1 is 1.21 bits per heavy atom. The number of fused-ring (bicyclic) bond motifs is 1. The Kier molecular flexibility index (Phi) is 3.05. The zero-order chi connectivity index (χ0) is 13.2. The predicted molar refractivity (Wildman–Crippen MR) is 78.2 cm³/mol. The van der Waals surface area contributed by atoms with Crippen molar-refractivity contribution in [2.75, 3.05) is 5.32 Å². The summed E-state index contributed by atoms with van der Waals surface area (Å²) in [6, 6.07) is 13.2. The number of benzene rings is 1. The number of aromatic amines is 1. The van der Waals surface area contributed by atoms with Crippen LogP contribution in [0.5, 0.6) is 0 Å². The maximum atomic E-state index is 12.1. The number of pyridine rings is 1. The Labute approximate surface area is 118 Å². The van der Waals surface area contributed by atoms with Crippen LogP contribution in [0.15, 0.2) is 53.3 Å². The summed E-state index contributed by atoms with van der Waals surface area (Å²) in [6.45, 7) is 0. The first kappa shape index (κ1) is 11.9. The zero-order valence-corrected chi connectivity index (χ0v) is 11.4. The van der Waals surface area contributed by atoms with Crippen LogP contribution in [0.1, 0.15) is 10.5 Å². The van der Waals surface area contributed by atoms with Gasteiger partial charge < -0.3 is 10.3 Å². The van der Waals surface area contributed by atoms with Gasteiger partial charge in [0.25, 0.3) is 5.91 Å². The molecule has 0 atom stereocenters. The minimum absolute atomic E-state index is 0.190. The maximum absolute atomic E-state index is 12.1. The van der Waals surface area contributed by atoms with Gasteiger partial charge in [0.2, 0.25) is 0 Å². The molecule has 0 saturated carbocycles. The van der Waals surface area contributed by atoms with Gasteiger partial charge in [-0.3, -0.25) is 4.79 Å². The van der Waals surface area contributed by atoms with E-state index in [-0.39, 0.29) is 5.91 Å². The van der Waals surface area contributed by atoms with E-state index in [4.69, 9.17) is 0 Å². The van der Waals surface area contributed by atoms with Crippen molar-refractivity contribution in [1.82, 2.24) is 9.97 Å². The number of H-pyrrole nitrogens is 1. The maximum Gasteiger partial charge on any atom is 0.272 e. The quantitative estimate of drug-likeness (QED) is 0.710. The summed E-state index contributed by atoms with van der Waals surface area (Å²) in [5, 5.41) is 3.82. The fraction of sp³-hybridized carbons (Fsp3) is 0. The number of aromatic nitrogens is 2. The third-order valence-electron chi connectivity index (χ3n) is 2.78. The minimum atomic E-state index is -0.190. The van der Waals surface area contributed by atoms with Crippen LogP contribution in [0, 0.1) is 0 Å². The molecule has 2 N–H and O–H groups in total. The van der Waals surface area contributed by atoms with E-state index in [1.54, 1.807) is 18.3 Å². The molecule has 0 radical (unpaired) electrons. The van der Waals surface area contributed by atoms with E-state index in [9.17, 15) is 4.79 Å². The molecule has 5 heteroatoms. The monoisotopic (exact) mass is 315 g/mol. The Bertz CT molecular complexity index is 718. The number of nitrogens with one attached hydrogen (secondary N) is 2. The lowest BCUT2D eigenvalue weighted by Gasteiger charge is -2.04. The van der Waals surface area contributed by atoms with Crippen LogP contribution >= 0.6 is 15.9 Å². The average molecular weight is 316 g/mol. The molecule has 0 fully saturated rings. The Morgan fingerprint density at radius 3 is 2.84 bits per heavy atom. The van der Waals surface area contributed by atoms with E-state index in [2.05, 4.69) is 31.2 Å². The molecular formula is C14H10BrN3O. The van der Waals surface area contributed by atoms with E-state index < -0.39 is 0 Å². The predicted octanol–water partition coefficient (Wildman–Crippen LogP) is 3.58. The fourth-order valence-corrected chi connectivity index (χ4v) is 2.21. The van der Waals surface area contributed by atoms with Crippen molar-refractivity contribution < 1.29 is 4.79 Å². The molecule has 94 valence electrons. The molecule has 0 aliphatic rings. The number of rotatable bonds is 2. The number of carbonyl (C=O) groups is 1. The first-order valence-corrected chi connectivity index (χ1v) is 6.53. The lowest BCUT2D eigenvalue weighted by atomic mass is 10.2. The normalized spacial score (nSPS) is 10.6. The van der Waals surface area contributed by atoms with Crippen LogP contribution in [-0.2, 0) is 0 Å². The van der Waals surface area contributed by atoms with Crippen LogP contribution in [0.3, 0.4) is 0 Å². The number of nitrogens with zero attached hydrogens (tertiary/aromatic N) is 1. The molecule has 4 nitrogen and oxygen atoms in total. The molecule has 1 amide bonds. The molecule has 2 heterocycles. The standard InChI is InChI=1S/C14H10BrN3O/c15-13-11(6-3-7-16-13)18-14(19)12-8-9-4-1-2-5-10(9)17-12/h1-8,17H,(H,18,19). The van der Waals surface area contributed by atoms with Crippen molar-refractivity contribution in [3.8, 4) is 0 Å². The van der Waals surface area contributed by atoms with Gasteiger partial charge in [0.1, 0.15) is 10.3 Å². The molecule has 3 aromatic rings. The summed E-state index contributed by atoms with van der Waals surface area (Å²) in [4.78, 5) is 19.3. The van der Waals surface area contributed by atoms with Gasteiger partial charge in [0.05, 0.1) is 5.69 Å². The van der Waals surface area contributed by atoms with Crippen LogP contribution < -0.4 is 5.32 Å². The van der Waals surface area contributed by atoms with Gasteiger partial charge in [0.15, 0.2) is 0 Å². The second-order valence-corrected chi connectivity index (χ2v) is 4.82. The third-order valence-corrected chi connectivity index (χ3v) is 3.41. The first-order valence-electron chi connectivity index (χ1n) is 5.73. The van der Waals surface area contributed by atoms with Crippen molar-refractivity contribution in [3.63, 3.8) is 0 Å². The van der Waals surface area contributed by atoms with Gasteiger partial charge in [-0.2, -0.15) is 0 Å². The minimum Gasteiger partial charge on any atom is -0.351 e. The summed E-state index contributed by atoms with van der Waals surface area (Å²) in [5.74, 6) is -0.190. The van der Waals surface area contributed by atoms with Gasteiger partial charge in [-0.05, 0) is 40.2 Å².